The molecule has 1 N–H and O–H groups in total. The SMILES string of the molecule is C.CC.COC(=O)Cc1c(C)nc(Cc2ccc(NC(=O)c3ccc4ccccc4c3)cc2)nc1N1CCCC1. The van der Waals surface area contributed by atoms with Crippen LogP contribution in [-0.2, 0) is 22.4 Å². The monoisotopic (exact) mass is 540 g/mol. The largest absolute Gasteiger partial charge is 0.469 e. The lowest BCUT2D eigenvalue weighted by atomic mass is 10.1. The molecule has 1 amide bonds. The van der Waals surface area contributed by atoms with E-state index in [0.717, 1.165) is 65.0 Å². The molecule has 3 aromatic carbocycles. The standard InChI is InChI=1S/C30H30N4O3.C2H6.CH4/c1-20-26(19-28(35)37-2)29(34-15-5-6-16-34)33-27(31-20)17-21-9-13-25(14-10-21)32-30(36)24-12-11-22-7-3-4-8-23(22)18-24;1-2;/h3-4,7-14,18H,5-6,15-17,19H2,1-2H3,(H,32,36);1-2H3;1H4. The summed E-state index contributed by atoms with van der Waals surface area (Å²) in [6.07, 6.45) is 2.95. The number of fused-ring (bicyclic) bond motifs is 1. The highest BCUT2D eigenvalue weighted by Gasteiger charge is 2.22. The molecule has 1 fully saturated rings. The Labute approximate surface area is 237 Å². The van der Waals surface area contributed by atoms with Crippen molar-refractivity contribution in [1.29, 1.82) is 0 Å². The van der Waals surface area contributed by atoms with E-state index in [1.807, 2.05) is 87.5 Å². The van der Waals surface area contributed by atoms with Crippen molar-refractivity contribution in [3.05, 3.63) is 94.9 Å². The van der Waals surface area contributed by atoms with Crippen LogP contribution in [0.15, 0.2) is 66.7 Å². The molecule has 0 bridgehead atoms. The van der Waals surface area contributed by atoms with Crippen LogP contribution in [0.3, 0.4) is 0 Å². The van der Waals surface area contributed by atoms with E-state index in [9.17, 15) is 9.59 Å². The Kier molecular flexibility index (Phi) is 10.8. The molecule has 0 saturated carbocycles. The highest BCUT2D eigenvalue weighted by atomic mass is 16.5. The fraction of sp³-hybridized carbons (Fsp3) is 0.333. The summed E-state index contributed by atoms with van der Waals surface area (Å²) in [6, 6.07) is 21.4. The summed E-state index contributed by atoms with van der Waals surface area (Å²) in [5.74, 6) is 1.11. The molecule has 1 saturated heterocycles. The molecule has 1 aromatic heterocycles. The Bertz CT molecular complexity index is 1440. The van der Waals surface area contributed by atoms with Gasteiger partial charge in [-0.15, -0.1) is 0 Å². The molecular weight excluding hydrogens is 500 g/mol. The first kappa shape index (κ1) is 30.3. The molecule has 0 atom stereocenters. The van der Waals surface area contributed by atoms with Gasteiger partial charge in [-0.25, -0.2) is 9.97 Å². The van der Waals surface area contributed by atoms with E-state index < -0.39 is 0 Å². The van der Waals surface area contributed by atoms with Gasteiger partial charge < -0.3 is 15.0 Å². The smallest absolute Gasteiger partial charge is 0.310 e. The normalized spacial score (nSPS) is 12.2. The molecule has 5 rings (SSSR count). The van der Waals surface area contributed by atoms with Gasteiger partial charge in [-0.05, 0) is 60.4 Å². The van der Waals surface area contributed by atoms with Crippen molar-refractivity contribution >= 4 is 34.2 Å². The average molecular weight is 541 g/mol. The van der Waals surface area contributed by atoms with E-state index in [1.165, 1.54) is 7.11 Å². The first-order chi connectivity index (χ1) is 19.0. The number of anilines is 2. The maximum absolute atomic E-state index is 12.8. The first-order valence-electron chi connectivity index (χ1n) is 13.6. The number of aryl methyl sites for hydroxylation is 1. The van der Waals surface area contributed by atoms with Crippen molar-refractivity contribution in [3.8, 4) is 0 Å². The van der Waals surface area contributed by atoms with Gasteiger partial charge in [0.2, 0.25) is 0 Å². The number of aromatic nitrogens is 2. The Morgan fingerprint density at radius 2 is 1.60 bits per heavy atom. The number of esters is 1. The van der Waals surface area contributed by atoms with Gasteiger partial charge in [0.1, 0.15) is 11.6 Å². The van der Waals surface area contributed by atoms with Crippen LogP contribution >= 0.6 is 0 Å². The van der Waals surface area contributed by atoms with Crippen LogP contribution in [0.5, 0.6) is 0 Å². The Balaban J connectivity index is 0.00000144. The third kappa shape index (κ3) is 7.23. The van der Waals surface area contributed by atoms with Gasteiger partial charge >= 0.3 is 5.97 Å². The van der Waals surface area contributed by atoms with Crippen molar-refractivity contribution < 1.29 is 14.3 Å². The predicted octanol–water partition coefficient (Wildman–Crippen LogP) is 6.76. The summed E-state index contributed by atoms with van der Waals surface area (Å²) < 4.78 is 4.90. The minimum absolute atomic E-state index is 0. The van der Waals surface area contributed by atoms with Crippen molar-refractivity contribution in [2.24, 2.45) is 0 Å². The van der Waals surface area contributed by atoms with Gasteiger partial charge in [0, 0.05) is 42.0 Å². The molecule has 0 aliphatic carbocycles. The van der Waals surface area contributed by atoms with Crippen LogP contribution in [0.4, 0.5) is 11.5 Å². The molecule has 7 heteroatoms. The average Bonchev–Trinajstić information content (AvgIpc) is 3.51. The van der Waals surface area contributed by atoms with Gasteiger partial charge in [-0.2, -0.15) is 0 Å². The molecule has 2 heterocycles. The number of hydrogen-bond acceptors (Lipinski definition) is 6. The van der Waals surface area contributed by atoms with E-state index >= 15 is 0 Å². The van der Waals surface area contributed by atoms with Gasteiger partial charge in [0.15, 0.2) is 0 Å². The Morgan fingerprint density at radius 1 is 0.925 bits per heavy atom. The van der Waals surface area contributed by atoms with Crippen LogP contribution in [0.2, 0.25) is 0 Å². The van der Waals surface area contributed by atoms with Gasteiger partial charge in [0.25, 0.3) is 5.91 Å². The Hall–Kier alpha value is -4.26. The van der Waals surface area contributed by atoms with Gasteiger partial charge in [0.05, 0.1) is 13.5 Å². The second-order valence-corrected chi connectivity index (χ2v) is 9.36. The molecule has 0 spiro atoms. The summed E-state index contributed by atoms with van der Waals surface area (Å²) >= 11 is 0. The molecule has 0 radical (unpaired) electrons. The summed E-state index contributed by atoms with van der Waals surface area (Å²) in [4.78, 5) is 36.6. The molecule has 210 valence electrons. The number of hydrogen-bond donors (Lipinski definition) is 1. The van der Waals surface area contributed by atoms with Crippen LogP contribution < -0.4 is 10.2 Å². The third-order valence-electron chi connectivity index (χ3n) is 6.78. The molecule has 4 aromatic rings. The van der Waals surface area contributed by atoms with Gasteiger partial charge in [-0.3, -0.25) is 9.59 Å². The fourth-order valence-electron chi connectivity index (χ4n) is 4.75. The maximum atomic E-state index is 12.8. The number of carbonyl (C=O) groups excluding carboxylic acids is 2. The quantitative estimate of drug-likeness (QED) is 0.261. The van der Waals surface area contributed by atoms with Crippen molar-refractivity contribution in [1.82, 2.24) is 9.97 Å². The zero-order valence-corrected chi connectivity index (χ0v) is 23.2. The molecule has 7 nitrogen and oxygen atoms in total. The summed E-state index contributed by atoms with van der Waals surface area (Å²) in [5, 5.41) is 5.12. The highest BCUT2D eigenvalue weighted by molar-refractivity contribution is 6.06. The number of rotatable bonds is 7. The lowest BCUT2D eigenvalue weighted by Crippen LogP contribution is -2.24. The third-order valence-corrected chi connectivity index (χ3v) is 6.78. The van der Waals surface area contributed by atoms with Crippen molar-refractivity contribution in [3.63, 3.8) is 0 Å². The second-order valence-electron chi connectivity index (χ2n) is 9.36. The molecule has 1 aliphatic rings. The number of amides is 1. The maximum Gasteiger partial charge on any atom is 0.310 e. The zero-order valence-electron chi connectivity index (χ0n) is 23.2. The van der Waals surface area contributed by atoms with Crippen LogP contribution in [0.25, 0.3) is 10.8 Å². The highest BCUT2D eigenvalue weighted by Crippen LogP contribution is 2.26. The Morgan fingerprint density at radius 3 is 2.27 bits per heavy atom. The minimum atomic E-state index is -0.291. The lowest BCUT2D eigenvalue weighted by molar-refractivity contribution is -0.139. The van der Waals surface area contributed by atoms with Crippen LogP contribution in [0, 0.1) is 6.92 Å². The predicted molar refractivity (Wildman–Crippen MR) is 163 cm³/mol. The summed E-state index contributed by atoms with van der Waals surface area (Å²) in [6.45, 7) is 7.78. The molecule has 0 unspecified atom stereocenters. The zero-order chi connectivity index (χ0) is 27.8. The second kappa shape index (κ2) is 14.2. The van der Waals surface area contributed by atoms with E-state index in [2.05, 4.69) is 10.2 Å². The van der Waals surface area contributed by atoms with Gasteiger partial charge in [-0.1, -0.05) is 63.7 Å². The fourth-order valence-corrected chi connectivity index (χ4v) is 4.75. The topological polar surface area (TPSA) is 84.4 Å². The number of carbonyl (C=O) groups is 2. The van der Waals surface area contributed by atoms with E-state index in [1.54, 1.807) is 0 Å². The number of methoxy groups -OCH3 is 1. The van der Waals surface area contributed by atoms with Crippen molar-refractivity contribution in [2.45, 2.75) is 53.9 Å². The number of nitrogens with one attached hydrogen (secondary N) is 1. The number of ether oxygens (including phenoxy) is 1. The number of nitrogens with zero attached hydrogens (tertiary/aromatic N) is 3. The van der Waals surface area contributed by atoms with Crippen molar-refractivity contribution in [2.75, 3.05) is 30.4 Å². The minimum Gasteiger partial charge on any atom is -0.469 e. The van der Waals surface area contributed by atoms with Crippen LogP contribution in [-0.4, -0.2) is 42.0 Å². The molecule has 40 heavy (non-hydrogen) atoms. The molecule has 1 aliphatic heterocycles. The summed E-state index contributed by atoms with van der Waals surface area (Å²) in [5.41, 5.74) is 4.02. The van der Waals surface area contributed by atoms with Crippen LogP contribution in [0.1, 0.15) is 67.1 Å². The first-order valence-corrected chi connectivity index (χ1v) is 13.6. The number of benzene rings is 3. The summed E-state index contributed by atoms with van der Waals surface area (Å²) in [7, 11) is 1.40. The lowest BCUT2D eigenvalue weighted by Gasteiger charge is -2.22. The molecular formula is C33H40N4O3. The van der Waals surface area contributed by atoms with E-state index in [-0.39, 0.29) is 25.7 Å². The van der Waals surface area contributed by atoms with E-state index in [0.29, 0.717) is 17.8 Å². The van der Waals surface area contributed by atoms with E-state index in [4.69, 9.17) is 14.7 Å².